The van der Waals surface area contributed by atoms with Crippen LogP contribution >= 0.6 is 15.9 Å². The molecule has 0 amide bonds. The van der Waals surface area contributed by atoms with Gasteiger partial charge in [-0.3, -0.25) is 0 Å². The van der Waals surface area contributed by atoms with Crippen molar-refractivity contribution in [1.82, 2.24) is 0 Å². The van der Waals surface area contributed by atoms with Crippen LogP contribution in [0.25, 0.3) is 0 Å². The molecular weight excluding hydrogens is 238 g/mol. The lowest BCUT2D eigenvalue weighted by Gasteiger charge is -1.96. The Balaban J connectivity index is 4.38. The van der Waals surface area contributed by atoms with Crippen molar-refractivity contribution in [2.24, 2.45) is 5.73 Å². The van der Waals surface area contributed by atoms with E-state index in [1.54, 1.807) is 6.08 Å². The first kappa shape index (κ1) is 13.2. The van der Waals surface area contributed by atoms with Gasteiger partial charge in [-0.25, -0.2) is 0 Å². The Bertz CT molecular complexity index is 249. The minimum atomic E-state index is 0.965. The Morgan fingerprint density at radius 2 is 2.14 bits per heavy atom. The van der Waals surface area contributed by atoms with Gasteiger partial charge in [0.2, 0.25) is 0 Å². The smallest absolute Gasteiger partial charge is 0.0242 e. The number of allylic oxidation sites excluding steroid dienone is 6. The number of hydrogen-bond donors (Lipinski definition) is 1. The van der Waals surface area contributed by atoms with Crippen LogP contribution in [0, 0.1) is 0 Å². The normalized spacial score (nSPS) is 13.6. The summed E-state index contributed by atoms with van der Waals surface area (Å²) in [5, 5.41) is 0. The fourth-order valence-electron chi connectivity index (χ4n) is 0.969. The summed E-state index contributed by atoms with van der Waals surface area (Å²) in [6.07, 6.45) is 12.9. The van der Waals surface area contributed by atoms with E-state index in [0.29, 0.717) is 0 Å². The summed E-state index contributed by atoms with van der Waals surface area (Å²) in [7, 11) is 0. The highest BCUT2D eigenvalue weighted by Gasteiger charge is 1.91. The Morgan fingerprint density at radius 3 is 2.64 bits per heavy atom. The maximum absolute atomic E-state index is 5.35. The second kappa shape index (κ2) is 8.82. The Kier molecular flexibility index (Phi) is 8.34. The lowest BCUT2D eigenvalue weighted by Crippen LogP contribution is -1.81. The Morgan fingerprint density at radius 1 is 1.43 bits per heavy atom. The first-order valence-electron chi connectivity index (χ1n) is 4.83. The third kappa shape index (κ3) is 5.81. The molecule has 0 aliphatic heterocycles. The van der Waals surface area contributed by atoms with Crippen LogP contribution in [0.15, 0.2) is 47.1 Å². The number of nitrogens with two attached hydrogens (primary N) is 1. The Hall–Kier alpha value is -0.760. The lowest BCUT2D eigenvalue weighted by molar-refractivity contribution is 0.814. The third-order valence-electron chi connectivity index (χ3n) is 1.75. The molecule has 0 saturated heterocycles. The molecular formula is C12H18BrN. The standard InChI is InChI=1S/C12H18BrN/c1-3-5-6-7-8-11(9-10-14)12(13)4-2/h4,7-10H,2-3,5-6,14H2,1H3/b8-7+,10-9-,12-11+. The second-order valence-electron chi connectivity index (χ2n) is 2.91. The first-order valence-corrected chi connectivity index (χ1v) is 5.62. The van der Waals surface area contributed by atoms with Crippen LogP contribution in [0.2, 0.25) is 0 Å². The van der Waals surface area contributed by atoms with Crippen molar-refractivity contribution in [3.05, 3.63) is 47.1 Å². The molecule has 0 bridgehead atoms. The van der Waals surface area contributed by atoms with Crippen molar-refractivity contribution in [2.75, 3.05) is 0 Å². The maximum Gasteiger partial charge on any atom is 0.0242 e. The van der Waals surface area contributed by atoms with Crippen molar-refractivity contribution in [3.63, 3.8) is 0 Å². The molecule has 0 aromatic carbocycles. The maximum atomic E-state index is 5.35. The molecule has 0 atom stereocenters. The van der Waals surface area contributed by atoms with Crippen LogP contribution in [0.1, 0.15) is 26.2 Å². The van der Waals surface area contributed by atoms with E-state index in [9.17, 15) is 0 Å². The van der Waals surface area contributed by atoms with Crippen LogP contribution in [-0.2, 0) is 0 Å². The average Bonchev–Trinajstić information content (AvgIpc) is 2.21. The van der Waals surface area contributed by atoms with Gasteiger partial charge in [0.15, 0.2) is 0 Å². The van der Waals surface area contributed by atoms with E-state index in [4.69, 9.17) is 5.73 Å². The fourth-order valence-corrected chi connectivity index (χ4v) is 1.23. The van der Waals surface area contributed by atoms with Gasteiger partial charge in [-0.2, -0.15) is 0 Å². The van der Waals surface area contributed by atoms with Crippen LogP contribution < -0.4 is 5.73 Å². The largest absolute Gasteiger partial charge is 0.405 e. The molecule has 0 aliphatic carbocycles. The highest BCUT2D eigenvalue weighted by atomic mass is 79.9. The Labute approximate surface area is 95.2 Å². The number of hydrogen-bond acceptors (Lipinski definition) is 1. The molecule has 0 rings (SSSR count). The summed E-state index contributed by atoms with van der Waals surface area (Å²) >= 11 is 3.42. The van der Waals surface area contributed by atoms with Gasteiger partial charge in [0, 0.05) is 4.48 Å². The van der Waals surface area contributed by atoms with E-state index >= 15 is 0 Å². The van der Waals surface area contributed by atoms with Crippen molar-refractivity contribution >= 4 is 15.9 Å². The first-order chi connectivity index (χ1) is 6.76. The molecule has 78 valence electrons. The van der Waals surface area contributed by atoms with Gasteiger partial charge >= 0.3 is 0 Å². The van der Waals surface area contributed by atoms with Crippen molar-refractivity contribution in [1.29, 1.82) is 0 Å². The third-order valence-corrected chi connectivity index (χ3v) is 2.53. The predicted octanol–water partition coefficient (Wildman–Crippen LogP) is 4.04. The molecule has 0 aliphatic rings. The molecule has 0 heterocycles. The second-order valence-corrected chi connectivity index (χ2v) is 3.77. The average molecular weight is 256 g/mol. The number of halogens is 1. The van der Waals surface area contributed by atoms with Crippen LogP contribution in [0.3, 0.4) is 0 Å². The summed E-state index contributed by atoms with van der Waals surface area (Å²) < 4.78 is 0.965. The summed E-state index contributed by atoms with van der Waals surface area (Å²) in [6.45, 7) is 5.88. The van der Waals surface area contributed by atoms with Gasteiger partial charge < -0.3 is 5.73 Å². The minimum absolute atomic E-state index is 0.965. The summed E-state index contributed by atoms with van der Waals surface area (Å²) in [5.74, 6) is 0. The van der Waals surface area contributed by atoms with E-state index in [0.717, 1.165) is 16.5 Å². The highest BCUT2D eigenvalue weighted by molar-refractivity contribution is 9.11. The molecule has 0 aromatic heterocycles. The molecule has 1 nitrogen and oxygen atoms in total. The molecule has 0 spiro atoms. The van der Waals surface area contributed by atoms with Gasteiger partial charge in [-0.05, 0) is 24.3 Å². The molecule has 2 heteroatoms. The lowest BCUT2D eigenvalue weighted by atomic mass is 10.2. The summed E-state index contributed by atoms with van der Waals surface area (Å²) in [4.78, 5) is 0. The number of rotatable bonds is 6. The van der Waals surface area contributed by atoms with Gasteiger partial charge in [-0.1, -0.05) is 60.5 Å². The molecule has 0 saturated carbocycles. The van der Waals surface area contributed by atoms with Crippen molar-refractivity contribution < 1.29 is 0 Å². The van der Waals surface area contributed by atoms with E-state index in [2.05, 4.69) is 41.6 Å². The van der Waals surface area contributed by atoms with Crippen molar-refractivity contribution in [2.45, 2.75) is 26.2 Å². The summed E-state index contributed by atoms with van der Waals surface area (Å²) in [6, 6.07) is 0. The minimum Gasteiger partial charge on any atom is -0.405 e. The predicted molar refractivity (Wildman–Crippen MR) is 68.1 cm³/mol. The molecule has 0 fully saturated rings. The fraction of sp³-hybridized carbons (Fsp3) is 0.333. The van der Waals surface area contributed by atoms with Crippen molar-refractivity contribution in [3.8, 4) is 0 Å². The summed E-state index contributed by atoms with van der Waals surface area (Å²) in [5.41, 5.74) is 6.40. The van der Waals surface area contributed by atoms with Crippen LogP contribution in [-0.4, -0.2) is 0 Å². The zero-order chi connectivity index (χ0) is 10.8. The van der Waals surface area contributed by atoms with E-state index in [1.807, 2.05) is 6.08 Å². The molecule has 0 aromatic rings. The molecule has 14 heavy (non-hydrogen) atoms. The zero-order valence-electron chi connectivity index (χ0n) is 8.67. The highest BCUT2D eigenvalue weighted by Crippen LogP contribution is 2.15. The van der Waals surface area contributed by atoms with E-state index in [1.165, 1.54) is 19.0 Å². The number of unbranched alkanes of at least 4 members (excludes halogenated alkanes) is 2. The van der Waals surface area contributed by atoms with Gasteiger partial charge in [0.25, 0.3) is 0 Å². The topological polar surface area (TPSA) is 26.0 Å². The monoisotopic (exact) mass is 255 g/mol. The van der Waals surface area contributed by atoms with Gasteiger partial charge in [0.05, 0.1) is 0 Å². The quantitative estimate of drug-likeness (QED) is 0.563. The van der Waals surface area contributed by atoms with Gasteiger partial charge in [0.1, 0.15) is 0 Å². The van der Waals surface area contributed by atoms with Crippen LogP contribution in [0.5, 0.6) is 0 Å². The zero-order valence-corrected chi connectivity index (χ0v) is 10.3. The van der Waals surface area contributed by atoms with E-state index in [-0.39, 0.29) is 0 Å². The molecule has 0 unspecified atom stereocenters. The van der Waals surface area contributed by atoms with Crippen LogP contribution in [0.4, 0.5) is 0 Å². The van der Waals surface area contributed by atoms with E-state index < -0.39 is 0 Å². The molecule has 0 radical (unpaired) electrons. The SMILES string of the molecule is C=C/C(Br)=C(\C=C/N)/C=C/CCCC. The molecule has 2 N–H and O–H groups in total. The van der Waals surface area contributed by atoms with Gasteiger partial charge in [-0.15, -0.1) is 0 Å².